The largest absolute Gasteiger partial charge is 0.388 e. The number of aliphatic hydroxyl groups excluding tert-OH is 1. The van der Waals surface area contributed by atoms with Crippen LogP contribution in [0.1, 0.15) is 31.9 Å². The summed E-state index contributed by atoms with van der Waals surface area (Å²) in [6, 6.07) is 9.75. The van der Waals surface area contributed by atoms with Gasteiger partial charge in [-0.1, -0.05) is 12.1 Å². The normalized spacial score (nSPS) is 12.7. The Morgan fingerprint density at radius 1 is 1.18 bits per heavy atom. The first kappa shape index (κ1) is 18.3. The predicted molar refractivity (Wildman–Crippen MR) is 105 cm³/mol. The predicted octanol–water partition coefficient (Wildman–Crippen LogP) is 3.05. The number of nitrogens with one attached hydrogen (secondary N) is 1. The lowest BCUT2D eigenvalue weighted by Crippen LogP contribution is -2.08. The fourth-order valence-electron chi connectivity index (χ4n) is 3.02. The van der Waals surface area contributed by atoms with Crippen LogP contribution in [0, 0.1) is 0 Å². The zero-order valence-electron chi connectivity index (χ0n) is 15.8. The summed E-state index contributed by atoms with van der Waals surface area (Å²) in [6.07, 6.45) is 4.99. The van der Waals surface area contributed by atoms with Gasteiger partial charge in [0.1, 0.15) is 6.33 Å². The van der Waals surface area contributed by atoms with Crippen LogP contribution >= 0.6 is 0 Å². The molecule has 0 amide bonds. The number of rotatable bonds is 7. The van der Waals surface area contributed by atoms with E-state index in [0.717, 1.165) is 27.8 Å². The van der Waals surface area contributed by atoms with Gasteiger partial charge in [-0.3, -0.25) is 5.10 Å². The van der Waals surface area contributed by atoms with Crippen LogP contribution in [0.15, 0.2) is 49.1 Å². The minimum Gasteiger partial charge on any atom is -0.388 e. The summed E-state index contributed by atoms with van der Waals surface area (Å²) < 4.78 is 7.29. The summed E-state index contributed by atoms with van der Waals surface area (Å²) in [4.78, 5) is 8.73. The van der Waals surface area contributed by atoms with Crippen molar-refractivity contribution in [3.63, 3.8) is 0 Å². The maximum absolute atomic E-state index is 10.4. The number of nitrogens with zero attached hydrogens (tertiary/aromatic N) is 5. The van der Waals surface area contributed by atoms with Crippen molar-refractivity contribution < 1.29 is 9.84 Å². The van der Waals surface area contributed by atoms with Crippen molar-refractivity contribution in [1.82, 2.24) is 29.9 Å². The molecular weight excluding hydrogens is 356 g/mol. The highest BCUT2D eigenvalue weighted by atomic mass is 16.5. The molecule has 8 nitrogen and oxygen atoms in total. The number of hydrogen-bond acceptors (Lipinski definition) is 6. The van der Waals surface area contributed by atoms with E-state index in [1.165, 1.54) is 6.33 Å². The first-order valence-corrected chi connectivity index (χ1v) is 9.21. The molecule has 0 aliphatic carbocycles. The smallest absolute Gasteiger partial charge is 0.162 e. The lowest BCUT2D eigenvalue weighted by Gasteiger charge is -2.13. The zero-order valence-corrected chi connectivity index (χ0v) is 15.8. The van der Waals surface area contributed by atoms with Gasteiger partial charge >= 0.3 is 0 Å². The third-order valence-electron chi connectivity index (χ3n) is 4.44. The molecule has 1 atom stereocenters. The maximum atomic E-state index is 10.4. The van der Waals surface area contributed by atoms with Gasteiger partial charge in [0, 0.05) is 30.2 Å². The number of benzene rings is 1. The molecule has 3 aromatic heterocycles. The van der Waals surface area contributed by atoms with Gasteiger partial charge < -0.3 is 9.84 Å². The van der Waals surface area contributed by atoms with Gasteiger partial charge in [-0.2, -0.15) is 10.2 Å². The molecule has 0 bridgehead atoms. The molecule has 0 saturated heterocycles. The molecular formula is C20H22N6O2. The number of aromatic nitrogens is 6. The SMILES string of the molecule is CC(C)OCC[C@@H](O)c1cnc2c(cnn2-c2cccc(-c3ncn[nH]3)c2)c1. The maximum Gasteiger partial charge on any atom is 0.162 e. The molecule has 8 heteroatoms. The highest BCUT2D eigenvalue weighted by Crippen LogP contribution is 2.24. The van der Waals surface area contributed by atoms with Crippen molar-refractivity contribution in [1.29, 1.82) is 0 Å². The highest BCUT2D eigenvalue weighted by Gasteiger charge is 2.13. The molecule has 0 radical (unpaired) electrons. The van der Waals surface area contributed by atoms with E-state index >= 15 is 0 Å². The molecule has 2 N–H and O–H groups in total. The van der Waals surface area contributed by atoms with Crippen molar-refractivity contribution >= 4 is 11.0 Å². The van der Waals surface area contributed by atoms with Crippen LogP contribution < -0.4 is 0 Å². The van der Waals surface area contributed by atoms with Crippen LogP contribution in [0.2, 0.25) is 0 Å². The number of aliphatic hydroxyl groups is 1. The summed E-state index contributed by atoms with van der Waals surface area (Å²) in [5, 5.41) is 22.5. The summed E-state index contributed by atoms with van der Waals surface area (Å²) in [5.41, 5.74) is 3.27. The molecule has 28 heavy (non-hydrogen) atoms. The van der Waals surface area contributed by atoms with Crippen molar-refractivity contribution in [2.24, 2.45) is 0 Å². The second-order valence-electron chi connectivity index (χ2n) is 6.85. The van der Waals surface area contributed by atoms with Gasteiger partial charge in [0.25, 0.3) is 0 Å². The van der Waals surface area contributed by atoms with Crippen LogP contribution in [-0.2, 0) is 4.74 Å². The Labute approximate surface area is 162 Å². The summed E-state index contributed by atoms with van der Waals surface area (Å²) in [7, 11) is 0. The molecule has 0 spiro atoms. The highest BCUT2D eigenvalue weighted by molar-refractivity contribution is 5.77. The first-order chi connectivity index (χ1) is 13.6. The molecule has 0 saturated carbocycles. The molecule has 0 aliphatic rings. The molecule has 0 fully saturated rings. The van der Waals surface area contributed by atoms with Crippen molar-refractivity contribution in [3.8, 4) is 17.1 Å². The minimum atomic E-state index is -0.617. The Hall–Kier alpha value is -3.10. The fourth-order valence-corrected chi connectivity index (χ4v) is 3.02. The monoisotopic (exact) mass is 378 g/mol. The van der Waals surface area contributed by atoms with Gasteiger partial charge in [-0.05, 0) is 37.6 Å². The lowest BCUT2D eigenvalue weighted by atomic mass is 10.1. The number of fused-ring (bicyclic) bond motifs is 1. The van der Waals surface area contributed by atoms with E-state index in [-0.39, 0.29) is 6.10 Å². The number of pyridine rings is 1. The van der Waals surface area contributed by atoms with Crippen LogP contribution in [0.25, 0.3) is 28.1 Å². The van der Waals surface area contributed by atoms with Crippen LogP contribution in [0.5, 0.6) is 0 Å². The van der Waals surface area contributed by atoms with Crippen LogP contribution in [0.4, 0.5) is 0 Å². The van der Waals surface area contributed by atoms with E-state index in [2.05, 4.69) is 25.3 Å². The van der Waals surface area contributed by atoms with Crippen LogP contribution in [0.3, 0.4) is 0 Å². The van der Waals surface area contributed by atoms with Crippen LogP contribution in [-0.4, -0.2) is 47.8 Å². The second kappa shape index (κ2) is 7.87. The molecule has 3 heterocycles. The summed E-state index contributed by atoms with van der Waals surface area (Å²) >= 11 is 0. The average molecular weight is 378 g/mol. The molecule has 4 rings (SSSR count). The Kier molecular flexibility index (Phi) is 5.14. The molecule has 1 aromatic carbocycles. The van der Waals surface area contributed by atoms with Crippen molar-refractivity contribution in [2.45, 2.75) is 32.5 Å². The number of H-pyrrole nitrogens is 1. The molecule has 144 valence electrons. The minimum absolute atomic E-state index is 0.152. The Morgan fingerprint density at radius 2 is 2.07 bits per heavy atom. The van der Waals surface area contributed by atoms with E-state index in [1.807, 2.05) is 44.2 Å². The van der Waals surface area contributed by atoms with Gasteiger partial charge in [0.2, 0.25) is 0 Å². The fraction of sp³-hybridized carbons (Fsp3) is 0.300. The van der Waals surface area contributed by atoms with Gasteiger partial charge in [0.05, 0.1) is 24.1 Å². The number of hydrogen-bond donors (Lipinski definition) is 2. The number of aromatic amines is 1. The van der Waals surface area contributed by atoms with E-state index in [4.69, 9.17) is 4.74 Å². The quantitative estimate of drug-likeness (QED) is 0.512. The Balaban J connectivity index is 1.59. The summed E-state index contributed by atoms with van der Waals surface area (Å²) in [6.45, 7) is 4.46. The van der Waals surface area contributed by atoms with E-state index in [9.17, 15) is 5.11 Å². The topological polar surface area (TPSA) is 102 Å². The number of ether oxygens (including phenoxy) is 1. The van der Waals surface area contributed by atoms with E-state index < -0.39 is 6.10 Å². The van der Waals surface area contributed by atoms with E-state index in [1.54, 1.807) is 17.1 Å². The van der Waals surface area contributed by atoms with Gasteiger partial charge in [0.15, 0.2) is 11.5 Å². The van der Waals surface area contributed by atoms with Crippen molar-refractivity contribution in [2.75, 3.05) is 6.61 Å². The van der Waals surface area contributed by atoms with E-state index in [0.29, 0.717) is 18.9 Å². The average Bonchev–Trinajstić information content (AvgIpc) is 3.37. The molecule has 4 aromatic rings. The van der Waals surface area contributed by atoms with Crippen molar-refractivity contribution in [3.05, 3.63) is 54.6 Å². The molecule has 0 aliphatic heterocycles. The Bertz CT molecular complexity index is 1060. The lowest BCUT2D eigenvalue weighted by molar-refractivity contribution is 0.0465. The van der Waals surface area contributed by atoms with Gasteiger partial charge in [-0.15, -0.1) is 0 Å². The molecule has 0 unspecified atom stereocenters. The standard InChI is InChI=1S/C20H22N6O2/c1-13(2)28-7-6-18(27)15-8-16-11-24-26(20(16)21-10-15)17-5-3-4-14(9-17)19-22-12-23-25-19/h3-5,8-13,18,27H,6-7H2,1-2H3,(H,22,23,25)/t18-/m1/s1. The Morgan fingerprint density at radius 3 is 2.86 bits per heavy atom. The third-order valence-corrected chi connectivity index (χ3v) is 4.44. The second-order valence-corrected chi connectivity index (χ2v) is 6.85. The van der Waals surface area contributed by atoms with Gasteiger partial charge in [-0.25, -0.2) is 14.6 Å². The summed E-state index contributed by atoms with van der Waals surface area (Å²) in [5.74, 6) is 0.695. The zero-order chi connectivity index (χ0) is 19.5. The first-order valence-electron chi connectivity index (χ1n) is 9.21. The third kappa shape index (κ3) is 3.78.